The number of nitrogen functional groups attached to an aromatic ring is 1. The van der Waals surface area contributed by atoms with Crippen molar-refractivity contribution in [3.8, 4) is 5.69 Å². The van der Waals surface area contributed by atoms with Gasteiger partial charge in [0.1, 0.15) is 11.7 Å². The standard InChI is InChI=1S/C13H15BrN4/c1-2-3-12-17-6-7-18(12)11-5-4-9(13(15)16)8-10(11)14/h4-8H,2-3H2,1H3,(H3,15,16). The van der Waals surface area contributed by atoms with Crippen LogP contribution in [-0.4, -0.2) is 15.4 Å². The predicted molar refractivity (Wildman–Crippen MR) is 76.3 cm³/mol. The molecule has 0 atom stereocenters. The van der Waals surface area contributed by atoms with Crippen LogP contribution in [0.15, 0.2) is 35.1 Å². The number of nitrogens with zero attached hydrogens (tertiary/aromatic N) is 2. The van der Waals surface area contributed by atoms with Crippen LogP contribution < -0.4 is 5.73 Å². The number of hydrogen-bond donors (Lipinski definition) is 2. The molecular weight excluding hydrogens is 292 g/mol. The molecule has 0 aliphatic heterocycles. The number of rotatable bonds is 4. The molecule has 0 unspecified atom stereocenters. The summed E-state index contributed by atoms with van der Waals surface area (Å²) in [4.78, 5) is 4.36. The van der Waals surface area contributed by atoms with Gasteiger partial charge in [0, 0.05) is 28.9 Å². The quantitative estimate of drug-likeness (QED) is 0.673. The minimum absolute atomic E-state index is 0.0710. The number of aromatic nitrogens is 2. The molecule has 2 rings (SSSR count). The maximum Gasteiger partial charge on any atom is 0.122 e. The molecule has 94 valence electrons. The van der Waals surface area contributed by atoms with Gasteiger partial charge < -0.3 is 10.3 Å². The predicted octanol–water partition coefficient (Wildman–Crippen LogP) is 2.87. The van der Waals surface area contributed by atoms with Crippen molar-refractivity contribution in [3.05, 3.63) is 46.5 Å². The molecule has 2 aromatic rings. The molecular formula is C13H15BrN4. The van der Waals surface area contributed by atoms with Crippen molar-refractivity contribution in [2.24, 2.45) is 5.73 Å². The summed E-state index contributed by atoms with van der Waals surface area (Å²) >= 11 is 3.52. The Balaban J connectivity index is 2.44. The number of halogens is 1. The van der Waals surface area contributed by atoms with Crippen LogP contribution in [0.4, 0.5) is 0 Å². The summed E-state index contributed by atoms with van der Waals surface area (Å²) in [6.07, 6.45) is 5.74. The molecule has 1 heterocycles. The van der Waals surface area contributed by atoms with Crippen LogP contribution in [-0.2, 0) is 6.42 Å². The van der Waals surface area contributed by atoms with E-state index in [1.54, 1.807) is 6.20 Å². The minimum Gasteiger partial charge on any atom is -0.384 e. The largest absolute Gasteiger partial charge is 0.384 e. The van der Waals surface area contributed by atoms with E-state index in [2.05, 4.69) is 32.4 Å². The number of amidine groups is 1. The number of nitrogens with two attached hydrogens (primary N) is 1. The van der Waals surface area contributed by atoms with E-state index in [4.69, 9.17) is 11.1 Å². The van der Waals surface area contributed by atoms with E-state index in [0.717, 1.165) is 28.8 Å². The van der Waals surface area contributed by atoms with Gasteiger partial charge in [0.25, 0.3) is 0 Å². The second-order valence-corrected chi connectivity index (χ2v) is 4.90. The summed E-state index contributed by atoms with van der Waals surface area (Å²) in [7, 11) is 0. The van der Waals surface area contributed by atoms with E-state index in [-0.39, 0.29) is 5.84 Å². The third kappa shape index (κ3) is 2.46. The number of aryl methyl sites for hydroxylation is 1. The molecule has 0 bridgehead atoms. The average Bonchev–Trinajstić information content (AvgIpc) is 2.77. The zero-order valence-corrected chi connectivity index (χ0v) is 11.7. The van der Waals surface area contributed by atoms with Crippen molar-refractivity contribution < 1.29 is 0 Å². The Morgan fingerprint density at radius 3 is 2.89 bits per heavy atom. The summed E-state index contributed by atoms with van der Waals surface area (Å²) in [5, 5.41) is 7.42. The van der Waals surface area contributed by atoms with Gasteiger partial charge in [-0.05, 0) is 40.5 Å². The van der Waals surface area contributed by atoms with Crippen molar-refractivity contribution in [1.82, 2.24) is 9.55 Å². The summed E-state index contributed by atoms with van der Waals surface area (Å²) in [6, 6.07) is 5.65. The zero-order chi connectivity index (χ0) is 13.1. The Morgan fingerprint density at radius 2 is 2.28 bits per heavy atom. The first kappa shape index (κ1) is 12.8. The number of imidazole rings is 1. The molecule has 1 aromatic carbocycles. The first-order valence-corrected chi connectivity index (χ1v) is 6.59. The summed E-state index contributed by atoms with van der Waals surface area (Å²) < 4.78 is 2.96. The molecule has 0 aliphatic rings. The van der Waals surface area contributed by atoms with Gasteiger partial charge in [0.05, 0.1) is 5.69 Å². The fourth-order valence-electron chi connectivity index (χ4n) is 1.83. The molecule has 0 aliphatic carbocycles. The molecule has 0 radical (unpaired) electrons. The van der Waals surface area contributed by atoms with Gasteiger partial charge in [-0.1, -0.05) is 6.92 Å². The van der Waals surface area contributed by atoms with Crippen LogP contribution in [0.25, 0.3) is 5.69 Å². The summed E-state index contributed by atoms with van der Waals surface area (Å²) in [6.45, 7) is 2.13. The lowest BCUT2D eigenvalue weighted by Gasteiger charge is -2.10. The summed E-state index contributed by atoms with van der Waals surface area (Å²) in [5.41, 5.74) is 7.20. The minimum atomic E-state index is 0.0710. The highest BCUT2D eigenvalue weighted by atomic mass is 79.9. The maximum atomic E-state index is 7.42. The molecule has 0 saturated carbocycles. The van der Waals surface area contributed by atoms with E-state index < -0.39 is 0 Å². The van der Waals surface area contributed by atoms with E-state index in [1.165, 1.54) is 0 Å². The molecule has 1 aromatic heterocycles. The molecule has 18 heavy (non-hydrogen) atoms. The Hall–Kier alpha value is -1.62. The van der Waals surface area contributed by atoms with Crippen LogP contribution in [0.1, 0.15) is 24.7 Å². The molecule has 0 spiro atoms. The van der Waals surface area contributed by atoms with E-state index in [9.17, 15) is 0 Å². The monoisotopic (exact) mass is 306 g/mol. The van der Waals surface area contributed by atoms with Crippen molar-refractivity contribution >= 4 is 21.8 Å². The fraction of sp³-hybridized carbons (Fsp3) is 0.231. The Labute approximate surface area is 114 Å². The van der Waals surface area contributed by atoms with Crippen LogP contribution in [0.5, 0.6) is 0 Å². The topological polar surface area (TPSA) is 67.7 Å². The highest BCUT2D eigenvalue weighted by Gasteiger charge is 2.09. The maximum absolute atomic E-state index is 7.42. The average molecular weight is 307 g/mol. The fourth-order valence-corrected chi connectivity index (χ4v) is 2.40. The van der Waals surface area contributed by atoms with Crippen LogP contribution >= 0.6 is 15.9 Å². The van der Waals surface area contributed by atoms with E-state index in [0.29, 0.717) is 5.56 Å². The van der Waals surface area contributed by atoms with Crippen LogP contribution in [0, 0.1) is 5.41 Å². The third-order valence-corrected chi connectivity index (χ3v) is 3.34. The van der Waals surface area contributed by atoms with Crippen molar-refractivity contribution in [2.45, 2.75) is 19.8 Å². The van der Waals surface area contributed by atoms with Crippen molar-refractivity contribution in [1.29, 1.82) is 5.41 Å². The van der Waals surface area contributed by atoms with Gasteiger partial charge in [0.15, 0.2) is 0 Å². The van der Waals surface area contributed by atoms with Gasteiger partial charge in [-0.3, -0.25) is 5.41 Å². The molecule has 5 heteroatoms. The lowest BCUT2D eigenvalue weighted by molar-refractivity contribution is 0.808. The highest BCUT2D eigenvalue weighted by molar-refractivity contribution is 9.10. The Morgan fingerprint density at radius 1 is 1.50 bits per heavy atom. The van der Waals surface area contributed by atoms with Gasteiger partial charge in [-0.2, -0.15) is 0 Å². The number of nitrogens with one attached hydrogen (secondary N) is 1. The Kier molecular flexibility index (Phi) is 3.81. The smallest absolute Gasteiger partial charge is 0.122 e. The van der Waals surface area contributed by atoms with Gasteiger partial charge in [-0.25, -0.2) is 4.98 Å². The zero-order valence-electron chi connectivity index (χ0n) is 10.2. The number of hydrogen-bond acceptors (Lipinski definition) is 2. The van der Waals surface area contributed by atoms with Crippen molar-refractivity contribution in [2.75, 3.05) is 0 Å². The molecule has 0 fully saturated rings. The van der Waals surface area contributed by atoms with Gasteiger partial charge in [0.2, 0.25) is 0 Å². The lowest BCUT2D eigenvalue weighted by Crippen LogP contribution is -2.11. The van der Waals surface area contributed by atoms with Gasteiger partial charge in [-0.15, -0.1) is 0 Å². The lowest BCUT2D eigenvalue weighted by atomic mass is 10.2. The highest BCUT2D eigenvalue weighted by Crippen LogP contribution is 2.23. The Bertz CT molecular complexity index is 574. The third-order valence-electron chi connectivity index (χ3n) is 2.71. The van der Waals surface area contributed by atoms with Gasteiger partial charge >= 0.3 is 0 Å². The first-order valence-electron chi connectivity index (χ1n) is 5.80. The van der Waals surface area contributed by atoms with E-state index in [1.807, 2.05) is 24.4 Å². The summed E-state index contributed by atoms with van der Waals surface area (Å²) in [5.74, 6) is 1.11. The molecule has 0 saturated heterocycles. The molecule has 0 amide bonds. The van der Waals surface area contributed by atoms with Crippen molar-refractivity contribution in [3.63, 3.8) is 0 Å². The SMILES string of the molecule is CCCc1nccn1-c1ccc(C(=N)N)cc1Br. The molecule has 3 N–H and O–H groups in total. The first-order chi connectivity index (χ1) is 8.63. The van der Waals surface area contributed by atoms with Crippen LogP contribution in [0.2, 0.25) is 0 Å². The second-order valence-electron chi connectivity index (χ2n) is 4.04. The number of benzene rings is 1. The normalized spacial score (nSPS) is 10.6. The van der Waals surface area contributed by atoms with Crippen LogP contribution in [0.3, 0.4) is 0 Å². The van der Waals surface area contributed by atoms with E-state index >= 15 is 0 Å². The second kappa shape index (κ2) is 5.35. The molecule has 4 nitrogen and oxygen atoms in total.